The lowest BCUT2D eigenvalue weighted by atomic mass is 9.93. The van der Waals surface area contributed by atoms with E-state index in [1.165, 1.54) is 40.7 Å². The largest absolute Gasteiger partial charge is 0.507 e. The molecule has 0 spiro atoms. The van der Waals surface area contributed by atoms with Gasteiger partial charge >= 0.3 is 11.9 Å². The van der Waals surface area contributed by atoms with Crippen LogP contribution < -0.4 is 4.90 Å². The fraction of sp³-hybridized carbons (Fsp3) is 0.194. The topological polar surface area (TPSA) is 110 Å². The highest BCUT2D eigenvalue weighted by atomic mass is 32.2. The van der Waals surface area contributed by atoms with Gasteiger partial charge in [-0.05, 0) is 55.7 Å². The van der Waals surface area contributed by atoms with Gasteiger partial charge in [0.2, 0.25) is 5.13 Å². The normalized spacial score (nSPS) is 16.3. The number of rotatable bonds is 7. The number of thioether (sulfide) groups is 1. The van der Waals surface area contributed by atoms with E-state index >= 15 is 0 Å². The summed E-state index contributed by atoms with van der Waals surface area (Å²) < 4.78 is 5.44. The fourth-order valence-corrected chi connectivity index (χ4v) is 6.41. The second kappa shape index (κ2) is 11.7. The van der Waals surface area contributed by atoms with Crippen LogP contribution in [-0.2, 0) is 20.1 Å². The van der Waals surface area contributed by atoms with Gasteiger partial charge in [-0.25, -0.2) is 4.79 Å². The summed E-state index contributed by atoms with van der Waals surface area (Å²) in [6.07, 6.45) is 0. The number of carbonyl (C=O) groups excluding carboxylic acids is 3. The van der Waals surface area contributed by atoms with E-state index in [2.05, 4.69) is 10.2 Å². The zero-order valence-electron chi connectivity index (χ0n) is 22.9. The molecule has 1 unspecified atom stereocenters. The number of anilines is 1. The Balaban J connectivity index is 1.57. The first-order chi connectivity index (χ1) is 19.7. The van der Waals surface area contributed by atoms with Gasteiger partial charge in [0.15, 0.2) is 4.34 Å². The quantitative estimate of drug-likeness (QED) is 0.0685. The number of aromatic nitrogens is 2. The molecule has 10 heteroatoms. The molecule has 1 aliphatic heterocycles. The van der Waals surface area contributed by atoms with Crippen LogP contribution in [0.25, 0.3) is 5.76 Å². The standard InChI is InChI=1S/C31H27N3O5S2/c1-17-6-9-20(10-7-17)16-40-31-33-32-30(41-31)34-25(21-11-13-22(14-12-21)29(38)39-4)24(27(36)28(34)37)26(35)23-15-18(2)5-8-19(23)3/h5-15,25,35H,16H2,1-4H3/b26-24+. The number of aliphatic hydroxyl groups is 1. The molecule has 5 rings (SSSR count). The Morgan fingerprint density at radius 3 is 2.34 bits per heavy atom. The fourth-order valence-electron chi connectivity index (χ4n) is 4.59. The van der Waals surface area contributed by atoms with Gasteiger partial charge in [-0.1, -0.05) is 82.8 Å². The predicted molar refractivity (Wildman–Crippen MR) is 159 cm³/mol. The summed E-state index contributed by atoms with van der Waals surface area (Å²) >= 11 is 2.68. The maximum absolute atomic E-state index is 13.5. The molecule has 0 saturated carbocycles. The molecule has 208 valence electrons. The van der Waals surface area contributed by atoms with Crippen LogP contribution in [0.4, 0.5) is 5.13 Å². The minimum atomic E-state index is -0.982. The monoisotopic (exact) mass is 585 g/mol. The Hall–Kier alpha value is -4.28. The maximum Gasteiger partial charge on any atom is 0.337 e. The number of Topliss-reactive ketones (excluding diaryl/α,β-unsaturated/α-hetero) is 1. The molecule has 0 bridgehead atoms. The van der Waals surface area contributed by atoms with Gasteiger partial charge in [-0.2, -0.15) is 0 Å². The molecule has 1 saturated heterocycles. The Morgan fingerprint density at radius 2 is 1.66 bits per heavy atom. The zero-order chi connectivity index (χ0) is 29.3. The molecule has 4 aromatic rings. The van der Waals surface area contributed by atoms with Crippen molar-refractivity contribution in [2.75, 3.05) is 12.0 Å². The van der Waals surface area contributed by atoms with Crippen LogP contribution >= 0.6 is 23.1 Å². The van der Waals surface area contributed by atoms with E-state index in [-0.39, 0.29) is 16.5 Å². The molecule has 0 aliphatic carbocycles. The lowest BCUT2D eigenvalue weighted by molar-refractivity contribution is -0.132. The molecule has 1 fully saturated rings. The summed E-state index contributed by atoms with van der Waals surface area (Å²) in [5, 5.41) is 20.3. The maximum atomic E-state index is 13.5. The van der Waals surface area contributed by atoms with E-state index < -0.39 is 23.7 Å². The number of aliphatic hydroxyl groups excluding tert-OH is 1. The number of hydrogen-bond donors (Lipinski definition) is 1. The Labute approximate surface area is 245 Å². The van der Waals surface area contributed by atoms with E-state index in [1.807, 2.05) is 57.2 Å². The van der Waals surface area contributed by atoms with Crippen LogP contribution in [-0.4, -0.2) is 40.1 Å². The lowest BCUT2D eigenvalue weighted by Crippen LogP contribution is -2.29. The summed E-state index contributed by atoms with van der Waals surface area (Å²) in [4.78, 5) is 40.4. The van der Waals surface area contributed by atoms with Gasteiger partial charge in [-0.15, -0.1) is 10.2 Å². The van der Waals surface area contributed by atoms with Gasteiger partial charge in [-0.3, -0.25) is 14.5 Å². The van der Waals surface area contributed by atoms with E-state index in [9.17, 15) is 19.5 Å². The minimum absolute atomic E-state index is 0.0569. The minimum Gasteiger partial charge on any atom is -0.507 e. The van der Waals surface area contributed by atoms with Gasteiger partial charge in [0.25, 0.3) is 5.78 Å². The average Bonchev–Trinajstić information content (AvgIpc) is 3.55. The van der Waals surface area contributed by atoms with Crippen LogP contribution in [0.5, 0.6) is 0 Å². The smallest absolute Gasteiger partial charge is 0.337 e. The first-order valence-electron chi connectivity index (χ1n) is 12.8. The first-order valence-corrected chi connectivity index (χ1v) is 14.6. The van der Waals surface area contributed by atoms with Gasteiger partial charge < -0.3 is 9.84 Å². The molecule has 0 radical (unpaired) electrons. The molecule has 1 aromatic heterocycles. The van der Waals surface area contributed by atoms with Crippen LogP contribution in [0.3, 0.4) is 0 Å². The molecule has 41 heavy (non-hydrogen) atoms. The molecule has 1 aliphatic rings. The molecular weight excluding hydrogens is 558 g/mol. The third kappa shape index (κ3) is 5.66. The first kappa shape index (κ1) is 28.3. The Kier molecular flexibility index (Phi) is 8.05. The summed E-state index contributed by atoms with van der Waals surface area (Å²) in [7, 11) is 1.29. The SMILES string of the molecule is COC(=O)c1ccc(C2/C(=C(\O)c3cc(C)ccc3C)C(=O)C(=O)N2c2nnc(SCc3ccc(C)cc3)s2)cc1. The number of ketones is 1. The van der Waals surface area contributed by atoms with Crippen molar-refractivity contribution in [2.24, 2.45) is 0 Å². The number of ether oxygens (including phenoxy) is 1. The zero-order valence-corrected chi connectivity index (χ0v) is 24.5. The predicted octanol–water partition coefficient (Wildman–Crippen LogP) is 6.17. The van der Waals surface area contributed by atoms with E-state index in [4.69, 9.17) is 4.74 Å². The van der Waals surface area contributed by atoms with Crippen molar-refractivity contribution in [1.82, 2.24) is 10.2 Å². The van der Waals surface area contributed by atoms with Gasteiger partial charge in [0, 0.05) is 11.3 Å². The molecule has 3 aromatic carbocycles. The van der Waals surface area contributed by atoms with Crippen LogP contribution in [0, 0.1) is 20.8 Å². The average molecular weight is 586 g/mol. The number of carbonyl (C=O) groups is 3. The summed E-state index contributed by atoms with van der Waals surface area (Å²) in [5.41, 5.74) is 5.19. The Bertz CT molecular complexity index is 1680. The van der Waals surface area contributed by atoms with E-state index in [1.54, 1.807) is 30.3 Å². The number of hydrogen-bond acceptors (Lipinski definition) is 9. The molecule has 2 heterocycles. The van der Waals surface area contributed by atoms with E-state index in [0.29, 0.717) is 26.8 Å². The number of esters is 1. The second-order valence-corrected chi connectivity index (χ2v) is 11.9. The van der Waals surface area contributed by atoms with Crippen molar-refractivity contribution in [2.45, 2.75) is 36.9 Å². The third-order valence-electron chi connectivity index (χ3n) is 6.82. The van der Waals surface area contributed by atoms with Crippen molar-refractivity contribution >= 4 is 51.6 Å². The van der Waals surface area contributed by atoms with Crippen LogP contribution in [0.2, 0.25) is 0 Å². The molecule has 1 N–H and O–H groups in total. The second-order valence-electron chi connectivity index (χ2n) is 9.73. The highest BCUT2D eigenvalue weighted by Gasteiger charge is 2.48. The third-order valence-corrected chi connectivity index (χ3v) is 8.95. The summed E-state index contributed by atoms with van der Waals surface area (Å²) in [6.45, 7) is 5.74. The highest BCUT2D eigenvalue weighted by molar-refractivity contribution is 8.00. The number of methoxy groups -OCH3 is 1. The molecule has 1 atom stereocenters. The number of benzene rings is 3. The number of aryl methyl sites for hydroxylation is 3. The number of nitrogens with zero attached hydrogens (tertiary/aromatic N) is 3. The highest BCUT2D eigenvalue weighted by Crippen LogP contribution is 2.44. The lowest BCUT2D eigenvalue weighted by Gasteiger charge is -2.23. The van der Waals surface area contributed by atoms with Crippen molar-refractivity contribution in [1.29, 1.82) is 0 Å². The molecular formula is C31H27N3O5S2. The summed E-state index contributed by atoms with van der Waals surface area (Å²) in [6, 6.07) is 19.1. The molecule has 8 nitrogen and oxygen atoms in total. The van der Waals surface area contributed by atoms with Crippen molar-refractivity contribution in [3.8, 4) is 0 Å². The van der Waals surface area contributed by atoms with Crippen molar-refractivity contribution < 1.29 is 24.2 Å². The number of amides is 1. The van der Waals surface area contributed by atoms with Crippen LogP contribution in [0.15, 0.2) is 76.6 Å². The van der Waals surface area contributed by atoms with Crippen LogP contribution in [0.1, 0.15) is 49.8 Å². The summed E-state index contributed by atoms with van der Waals surface area (Å²) in [5.74, 6) is -1.76. The van der Waals surface area contributed by atoms with E-state index in [0.717, 1.165) is 16.7 Å². The van der Waals surface area contributed by atoms with Gasteiger partial charge in [0.1, 0.15) is 5.76 Å². The van der Waals surface area contributed by atoms with Crippen molar-refractivity contribution in [3.05, 3.63) is 111 Å². The molecule has 1 amide bonds. The Morgan fingerprint density at radius 1 is 0.976 bits per heavy atom. The van der Waals surface area contributed by atoms with Crippen molar-refractivity contribution in [3.63, 3.8) is 0 Å². The van der Waals surface area contributed by atoms with Gasteiger partial charge in [0.05, 0.1) is 24.3 Å².